The highest BCUT2D eigenvalue weighted by Gasteiger charge is 2.35. The molecule has 1 aromatic carbocycles. The molecule has 4 rings (SSSR count). The number of ether oxygens (including phenoxy) is 1. The molecule has 152 valence electrons. The lowest BCUT2D eigenvalue weighted by Crippen LogP contribution is -2.39. The van der Waals surface area contributed by atoms with Crippen LogP contribution in [-0.2, 0) is 6.61 Å². The molecule has 3 heterocycles. The fraction of sp³-hybridized carbons (Fsp3) is 0.368. The molecule has 29 heavy (non-hydrogen) atoms. The lowest BCUT2D eigenvalue weighted by Gasteiger charge is -2.18. The maximum Gasteiger partial charge on any atom is 0.322 e. The number of amides is 1. The third-order valence-corrected chi connectivity index (χ3v) is 6.46. The predicted octanol–water partition coefficient (Wildman–Crippen LogP) is 2.00. The van der Waals surface area contributed by atoms with Gasteiger partial charge < -0.3 is 15.0 Å². The van der Waals surface area contributed by atoms with Crippen molar-refractivity contribution in [2.24, 2.45) is 0 Å². The highest BCUT2D eigenvalue weighted by molar-refractivity contribution is 7.09. The maximum atomic E-state index is 12.7. The number of nitrogens with one attached hydrogen (secondary N) is 2. The van der Waals surface area contributed by atoms with Crippen LogP contribution < -0.4 is 14.9 Å². The normalized spacial score (nSPS) is 19.4. The van der Waals surface area contributed by atoms with Crippen LogP contribution in [0, 0.1) is 6.92 Å². The maximum absolute atomic E-state index is 12.7. The molecule has 1 aliphatic rings. The fourth-order valence-electron chi connectivity index (χ4n) is 3.38. The highest BCUT2D eigenvalue weighted by atomic mass is 32.1. The molecule has 0 bridgehead atoms. The quantitative estimate of drug-likeness (QED) is 0.619. The second-order valence-electron chi connectivity index (χ2n) is 7.03. The Morgan fingerprint density at radius 2 is 2.14 bits per heavy atom. The summed E-state index contributed by atoms with van der Waals surface area (Å²) in [6, 6.07) is 6.96. The molecule has 2 atom stereocenters. The molecule has 1 amide bonds. The number of hydrogen-bond donors (Lipinski definition) is 2. The average molecular weight is 432 g/mol. The van der Waals surface area contributed by atoms with Gasteiger partial charge in [0.25, 0.3) is 5.91 Å². The van der Waals surface area contributed by atoms with Crippen molar-refractivity contribution in [1.29, 1.82) is 0 Å². The molecule has 2 N–H and O–H groups in total. The number of nitrogens with zero attached hydrogens (tertiary/aromatic N) is 3. The largest absolute Gasteiger partial charge is 0.487 e. The summed E-state index contributed by atoms with van der Waals surface area (Å²) in [4.78, 5) is 30.5. The standard InChI is InChI=1S/C19H21N5O3S2/c1-11-20-13(10-28-11)9-27-14-5-3-12(4-6-14)17(25)21-16-8-24(2)7-15(16)18-22-23-19(26)29-18/h3-6,10,15-16H,7-9H2,1-2H3,(H,21,25)(H,23,26)/t15-,16+/m0/s1. The van der Waals surface area contributed by atoms with E-state index >= 15 is 0 Å². The Morgan fingerprint density at radius 1 is 1.34 bits per heavy atom. The number of aromatic amines is 1. The molecule has 0 spiro atoms. The third-order valence-electron chi connectivity index (χ3n) is 4.76. The number of likely N-dealkylation sites (N-methyl/N-ethyl adjacent to an activating group) is 1. The summed E-state index contributed by atoms with van der Waals surface area (Å²) in [5.74, 6) is 0.531. The molecule has 0 saturated carbocycles. The zero-order chi connectivity index (χ0) is 20.4. The van der Waals surface area contributed by atoms with Crippen LogP contribution in [0.25, 0.3) is 0 Å². The van der Waals surface area contributed by atoms with Crippen molar-refractivity contribution < 1.29 is 9.53 Å². The number of carbonyl (C=O) groups excluding carboxylic acids is 1. The van der Waals surface area contributed by atoms with Gasteiger partial charge in [-0.15, -0.1) is 11.3 Å². The monoisotopic (exact) mass is 431 g/mol. The van der Waals surface area contributed by atoms with Gasteiger partial charge in [0, 0.05) is 30.0 Å². The molecular formula is C19H21N5O3S2. The molecular weight excluding hydrogens is 410 g/mol. The number of rotatable bonds is 6. The molecule has 1 fully saturated rings. The Bertz CT molecular complexity index is 1040. The Morgan fingerprint density at radius 3 is 2.79 bits per heavy atom. The van der Waals surface area contributed by atoms with Gasteiger partial charge >= 0.3 is 4.87 Å². The summed E-state index contributed by atoms with van der Waals surface area (Å²) in [6.07, 6.45) is 0. The Labute approximate surface area is 175 Å². The van der Waals surface area contributed by atoms with Crippen LogP contribution in [0.2, 0.25) is 0 Å². The van der Waals surface area contributed by atoms with Crippen molar-refractivity contribution in [3.8, 4) is 5.75 Å². The van der Waals surface area contributed by atoms with Gasteiger partial charge in [0.15, 0.2) is 0 Å². The first-order valence-electron chi connectivity index (χ1n) is 9.16. The SMILES string of the molecule is Cc1nc(COc2ccc(C(=O)N[C@@H]3CN(C)C[C@@H]3c3n[nH]c(=O)s3)cc2)cs1. The van der Waals surface area contributed by atoms with Crippen LogP contribution in [0.5, 0.6) is 5.75 Å². The van der Waals surface area contributed by atoms with Crippen LogP contribution >= 0.6 is 22.7 Å². The molecule has 0 unspecified atom stereocenters. The Hall–Kier alpha value is -2.56. The smallest absolute Gasteiger partial charge is 0.322 e. The number of likely N-dealkylation sites (tertiary alicyclic amines) is 1. The molecule has 2 aromatic heterocycles. The van der Waals surface area contributed by atoms with Crippen LogP contribution in [0.3, 0.4) is 0 Å². The van der Waals surface area contributed by atoms with Gasteiger partial charge in [0.1, 0.15) is 17.4 Å². The minimum atomic E-state index is -0.178. The second kappa shape index (κ2) is 8.44. The lowest BCUT2D eigenvalue weighted by molar-refractivity contribution is 0.0935. The Kier molecular flexibility index (Phi) is 5.74. The summed E-state index contributed by atoms with van der Waals surface area (Å²) in [5, 5.41) is 13.4. The Balaban J connectivity index is 1.38. The van der Waals surface area contributed by atoms with Crippen LogP contribution in [0.4, 0.5) is 0 Å². The first kappa shape index (κ1) is 19.7. The first-order valence-corrected chi connectivity index (χ1v) is 10.9. The number of carbonyl (C=O) groups is 1. The molecule has 10 heteroatoms. The number of aromatic nitrogens is 3. The number of benzene rings is 1. The zero-order valence-corrected chi connectivity index (χ0v) is 17.7. The highest BCUT2D eigenvalue weighted by Crippen LogP contribution is 2.27. The van der Waals surface area contributed by atoms with Crippen molar-refractivity contribution in [3.63, 3.8) is 0 Å². The second-order valence-corrected chi connectivity index (χ2v) is 9.09. The van der Waals surface area contributed by atoms with Gasteiger partial charge in [-0.3, -0.25) is 9.59 Å². The minimum Gasteiger partial charge on any atom is -0.487 e. The van der Waals surface area contributed by atoms with Crippen molar-refractivity contribution in [3.05, 3.63) is 60.6 Å². The van der Waals surface area contributed by atoms with Crippen LogP contribution in [-0.4, -0.2) is 52.2 Å². The summed E-state index contributed by atoms with van der Waals surface area (Å²) in [7, 11) is 1.99. The number of aryl methyl sites for hydroxylation is 1. The predicted molar refractivity (Wildman–Crippen MR) is 112 cm³/mol. The van der Waals surface area contributed by atoms with E-state index in [-0.39, 0.29) is 22.7 Å². The van der Waals surface area contributed by atoms with E-state index in [1.807, 2.05) is 19.4 Å². The minimum absolute atomic E-state index is 0.00271. The van der Waals surface area contributed by atoms with Gasteiger partial charge in [0.2, 0.25) is 0 Å². The van der Waals surface area contributed by atoms with E-state index in [1.54, 1.807) is 35.6 Å². The number of hydrogen-bond acceptors (Lipinski definition) is 8. The van der Waals surface area contributed by atoms with E-state index in [9.17, 15) is 9.59 Å². The van der Waals surface area contributed by atoms with Gasteiger partial charge in [-0.1, -0.05) is 11.3 Å². The molecule has 8 nitrogen and oxygen atoms in total. The van der Waals surface area contributed by atoms with Gasteiger partial charge in [0.05, 0.1) is 16.7 Å². The summed E-state index contributed by atoms with van der Waals surface area (Å²) < 4.78 is 5.73. The van der Waals surface area contributed by atoms with E-state index in [2.05, 4.69) is 25.4 Å². The lowest BCUT2D eigenvalue weighted by atomic mass is 10.0. The van der Waals surface area contributed by atoms with E-state index in [4.69, 9.17) is 4.74 Å². The zero-order valence-electron chi connectivity index (χ0n) is 16.0. The van der Waals surface area contributed by atoms with Crippen molar-refractivity contribution in [1.82, 2.24) is 25.4 Å². The average Bonchev–Trinajstić information content (AvgIpc) is 3.41. The van der Waals surface area contributed by atoms with Crippen LogP contribution in [0.15, 0.2) is 34.4 Å². The van der Waals surface area contributed by atoms with E-state index in [1.165, 1.54) is 0 Å². The van der Waals surface area contributed by atoms with Gasteiger partial charge in [-0.2, -0.15) is 5.10 Å². The summed E-state index contributed by atoms with van der Waals surface area (Å²) in [5.41, 5.74) is 1.46. The van der Waals surface area contributed by atoms with Gasteiger partial charge in [-0.05, 0) is 38.2 Å². The third kappa shape index (κ3) is 4.72. The summed E-state index contributed by atoms with van der Waals surface area (Å²) >= 11 is 2.69. The molecule has 0 aliphatic carbocycles. The van der Waals surface area contributed by atoms with Crippen LogP contribution in [0.1, 0.15) is 32.0 Å². The van der Waals surface area contributed by atoms with E-state index < -0.39 is 0 Å². The van der Waals surface area contributed by atoms with E-state index in [0.29, 0.717) is 24.5 Å². The summed E-state index contributed by atoms with van der Waals surface area (Å²) in [6.45, 7) is 3.81. The van der Waals surface area contributed by atoms with Gasteiger partial charge in [-0.25, -0.2) is 10.1 Å². The molecule has 1 aliphatic heterocycles. The topological polar surface area (TPSA) is 100 Å². The van der Waals surface area contributed by atoms with Crippen molar-refractivity contribution >= 4 is 28.6 Å². The molecule has 1 saturated heterocycles. The molecule has 3 aromatic rings. The molecule has 0 radical (unpaired) electrons. The number of H-pyrrole nitrogens is 1. The van der Waals surface area contributed by atoms with Crippen molar-refractivity contribution in [2.75, 3.05) is 20.1 Å². The number of thiazole rings is 1. The van der Waals surface area contributed by atoms with E-state index in [0.717, 1.165) is 33.6 Å². The first-order chi connectivity index (χ1) is 14.0. The fourth-order valence-corrected chi connectivity index (χ4v) is 4.74. The van der Waals surface area contributed by atoms with Crippen molar-refractivity contribution in [2.45, 2.75) is 25.5 Å².